The largest absolute Gasteiger partial charge is 0.496 e. The number of hydrogen-bond acceptors (Lipinski definition) is 6. The number of amides is 1. The highest BCUT2D eigenvalue weighted by atomic mass is 35.5. The molecule has 0 atom stereocenters. The second-order valence-electron chi connectivity index (χ2n) is 7.60. The molecule has 0 bridgehead atoms. The summed E-state index contributed by atoms with van der Waals surface area (Å²) in [6.45, 7) is 3.96. The lowest BCUT2D eigenvalue weighted by Gasteiger charge is -2.26. The van der Waals surface area contributed by atoms with Gasteiger partial charge in [0, 0.05) is 24.5 Å². The molecular formula is C23H29ClN2O6S. The predicted molar refractivity (Wildman–Crippen MR) is 126 cm³/mol. The molecule has 0 radical (unpaired) electrons. The topological polar surface area (TPSA) is 94.2 Å². The fourth-order valence-corrected chi connectivity index (χ4v) is 5.04. The Morgan fingerprint density at radius 2 is 1.94 bits per heavy atom. The number of morpholine rings is 1. The highest BCUT2D eigenvalue weighted by Gasteiger charge is 2.27. The van der Waals surface area contributed by atoms with Gasteiger partial charge in [0.05, 0.1) is 31.8 Å². The summed E-state index contributed by atoms with van der Waals surface area (Å²) >= 11 is 6.08. The maximum Gasteiger partial charge on any atom is 0.243 e. The highest BCUT2D eigenvalue weighted by Crippen LogP contribution is 2.26. The molecule has 1 heterocycles. The number of ether oxygens (including phenoxy) is 3. The fraction of sp³-hybridized carbons (Fsp3) is 0.435. The van der Waals surface area contributed by atoms with Gasteiger partial charge in [-0.3, -0.25) is 4.79 Å². The van der Waals surface area contributed by atoms with Crippen LogP contribution < -0.4 is 14.8 Å². The van der Waals surface area contributed by atoms with Crippen molar-refractivity contribution in [3.05, 3.63) is 52.5 Å². The van der Waals surface area contributed by atoms with Crippen LogP contribution in [0.3, 0.4) is 0 Å². The van der Waals surface area contributed by atoms with E-state index in [-0.39, 0.29) is 17.2 Å². The minimum absolute atomic E-state index is 0.163. The molecule has 1 N–H and O–H groups in total. The second-order valence-corrected chi connectivity index (χ2v) is 9.94. The summed E-state index contributed by atoms with van der Waals surface area (Å²) < 4.78 is 43.5. The zero-order valence-corrected chi connectivity index (χ0v) is 20.4. The van der Waals surface area contributed by atoms with Gasteiger partial charge in [0.25, 0.3) is 0 Å². The molecule has 0 spiro atoms. The van der Waals surface area contributed by atoms with Crippen LogP contribution in [0, 0.1) is 6.92 Å². The average molecular weight is 497 g/mol. The predicted octanol–water partition coefficient (Wildman–Crippen LogP) is 2.81. The summed E-state index contributed by atoms with van der Waals surface area (Å²) in [5, 5.41) is 3.43. The first-order valence-electron chi connectivity index (χ1n) is 10.7. The molecule has 10 heteroatoms. The van der Waals surface area contributed by atoms with E-state index in [0.29, 0.717) is 68.0 Å². The van der Waals surface area contributed by atoms with Crippen molar-refractivity contribution >= 4 is 27.5 Å². The lowest BCUT2D eigenvalue weighted by atomic mass is 10.1. The maximum absolute atomic E-state index is 12.9. The van der Waals surface area contributed by atoms with Crippen molar-refractivity contribution in [3.63, 3.8) is 0 Å². The molecule has 0 aromatic heterocycles. The molecule has 180 valence electrons. The third-order valence-electron chi connectivity index (χ3n) is 5.32. The van der Waals surface area contributed by atoms with Gasteiger partial charge in [-0.15, -0.1) is 0 Å². The summed E-state index contributed by atoms with van der Waals surface area (Å²) in [5.74, 6) is 1.02. The van der Waals surface area contributed by atoms with Gasteiger partial charge < -0.3 is 19.5 Å². The van der Waals surface area contributed by atoms with Crippen LogP contribution in [0.4, 0.5) is 0 Å². The molecule has 0 saturated carbocycles. The third kappa shape index (κ3) is 6.83. The van der Waals surface area contributed by atoms with Gasteiger partial charge in [-0.25, -0.2) is 8.42 Å². The molecule has 2 aromatic carbocycles. The van der Waals surface area contributed by atoms with E-state index in [1.165, 1.54) is 17.5 Å². The molecule has 1 aliphatic rings. The van der Waals surface area contributed by atoms with Crippen molar-refractivity contribution in [3.8, 4) is 11.5 Å². The number of hydrogen-bond donors (Lipinski definition) is 1. The van der Waals surface area contributed by atoms with Crippen molar-refractivity contribution in [1.29, 1.82) is 0 Å². The van der Waals surface area contributed by atoms with E-state index in [1.54, 1.807) is 18.2 Å². The highest BCUT2D eigenvalue weighted by molar-refractivity contribution is 7.89. The zero-order valence-electron chi connectivity index (χ0n) is 18.8. The van der Waals surface area contributed by atoms with E-state index in [1.807, 2.05) is 19.1 Å². The first kappa shape index (κ1) is 25.3. The molecule has 0 aliphatic carbocycles. The normalized spacial score (nSPS) is 14.6. The van der Waals surface area contributed by atoms with E-state index in [9.17, 15) is 13.2 Å². The summed E-state index contributed by atoms with van der Waals surface area (Å²) in [6.07, 6.45) is 0.531. The first-order valence-corrected chi connectivity index (χ1v) is 12.5. The van der Waals surface area contributed by atoms with Gasteiger partial charge in [-0.2, -0.15) is 4.31 Å². The number of methoxy groups -OCH3 is 1. The number of benzene rings is 2. The van der Waals surface area contributed by atoms with Crippen LogP contribution in [0.15, 0.2) is 41.3 Å². The number of nitrogens with one attached hydrogen (secondary N) is 1. The standard InChI is InChI=1S/C23H29ClN2O6S/c1-17-3-5-19(16-21(17)24)32-12-9-25-23(27)8-4-18-15-20(6-7-22(18)30-2)33(28,29)26-10-13-31-14-11-26/h3,5-7,15-16H,4,8-14H2,1-2H3,(H,25,27). The Hall–Kier alpha value is -2.33. The Balaban J connectivity index is 1.53. The van der Waals surface area contributed by atoms with Gasteiger partial charge in [0.2, 0.25) is 15.9 Å². The van der Waals surface area contributed by atoms with Crippen molar-refractivity contribution in [1.82, 2.24) is 9.62 Å². The number of sulfonamides is 1. The monoisotopic (exact) mass is 496 g/mol. The molecule has 33 heavy (non-hydrogen) atoms. The van der Waals surface area contributed by atoms with Crippen molar-refractivity contribution < 1.29 is 27.4 Å². The summed E-state index contributed by atoms with van der Waals surface area (Å²) in [4.78, 5) is 12.5. The summed E-state index contributed by atoms with van der Waals surface area (Å²) in [7, 11) is -2.11. The number of halogens is 1. The Morgan fingerprint density at radius 1 is 1.18 bits per heavy atom. The van der Waals surface area contributed by atoms with Gasteiger partial charge in [-0.05, 0) is 54.8 Å². The minimum Gasteiger partial charge on any atom is -0.496 e. The quantitative estimate of drug-likeness (QED) is 0.508. The Bertz CT molecular complexity index is 1070. The molecule has 8 nitrogen and oxygen atoms in total. The molecule has 2 aromatic rings. The maximum atomic E-state index is 12.9. The van der Waals surface area contributed by atoms with Crippen LogP contribution >= 0.6 is 11.6 Å². The van der Waals surface area contributed by atoms with E-state index in [4.69, 9.17) is 25.8 Å². The lowest BCUT2D eigenvalue weighted by Crippen LogP contribution is -2.40. The molecule has 1 saturated heterocycles. The SMILES string of the molecule is COc1ccc(S(=O)(=O)N2CCOCC2)cc1CCC(=O)NCCOc1ccc(C)c(Cl)c1. The zero-order chi connectivity index (χ0) is 23.8. The van der Waals surface area contributed by atoms with Crippen LogP contribution in [0.5, 0.6) is 11.5 Å². The fourth-order valence-electron chi connectivity index (χ4n) is 3.41. The van der Waals surface area contributed by atoms with E-state index in [2.05, 4.69) is 5.32 Å². The summed E-state index contributed by atoms with van der Waals surface area (Å²) in [5.41, 5.74) is 1.63. The molecule has 1 aliphatic heterocycles. The molecular weight excluding hydrogens is 468 g/mol. The number of aryl methyl sites for hydroxylation is 2. The number of nitrogens with zero attached hydrogens (tertiary/aromatic N) is 1. The smallest absolute Gasteiger partial charge is 0.243 e. The van der Waals surface area contributed by atoms with Crippen LogP contribution in [-0.4, -0.2) is 65.2 Å². The number of carbonyl (C=O) groups is 1. The lowest BCUT2D eigenvalue weighted by molar-refractivity contribution is -0.121. The molecule has 0 unspecified atom stereocenters. The Morgan fingerprint density at radius 3 is 2.64 bits per heavy atom. The van der Waals surface area contributed by atoms with Gasteiger partial charge in [0.1, 0.15) is 18.1 Å². The number of rotatable bonds is 10. The van der Waals surface area contributed by atoms with Crippen LogP contribution in [0.1, 0.15) is 17.5 Å². The Kier molecular flexibility index (Phi) is 8.96. The van der Waals surface area contributed by atoms with Gasteiger partial charge in [0.15, 0.2) is 0 Å². The van der Waals surface area contributed by atoms with Crippen molar-refractivity contribution in [2.75, 3.05) is 46.6 Å². The average Bonchev–Trinajstić information content (AvgIpc) is 2.83. The van der Waals surface area contributed by atoms with E-state index < -0.39 is 10.0 Å². The molecule has 3 rings (SSSR count). The van der Waals surface area contributed by atoms with Gasteiger partial charge in [-0.1, -0.05) is 17.7 Å². The molecule has 1 fully saturated rings. The summed E-state index contributed by atoms with van der Waals surface area (Å²) in [6, 6.07) is 10.2. The number of carbonyl (C=O) groups excluding carboxylic acids is 1. The van der Waals surface area contributed by atoms with Crippen molar-refractivity contribution in [2.45, 2.75) is 24.7 Å². The van der Waals surface area contributed by atoms with Crippen LogP contribution in [0.25, 0.3) is 0 Å². The Labute approximate surface area is 199 Å². The second kappa shape index (κ2) is 11.7. The van der Waals surface area contributed by atoms with Crippen LogP contribution in [-0.2, 0) is 26.0 Å². The van der Waals surface area contributed by atoms with Gasteiger partial charge >= 0.3 is 0 Å². The van der Waals surface area contributed by atoms with Crippen molar-refractivity contribution in [2.24, 2.45) is 0 Å². The van der Waals surface area contributed by atoms with E-state index >= 15 is 0 Å². The van der Waals surface area contributed by atoms with Crippen LogP contribution in [0.2, 0.25) is 5.02 Å². The minimum atomic E-state index is -3.63. The molecule has 1 amide bonds. The third-order valence-corrected chi connectivity index (χ3v) is 7.62. The first-order chi connectivity index (χ1) is 15.8. The van der Waals surface area contributed by atoms with E-state index in [0.717, 1.165) is 5.56 Å².